The van der Waals surface area contributed by atoms with Crippen LogP contribution in [0, 0.1) is 11.8 Å². The lowest BCUT2D eigenvalue weighted by molar-refractivity contribution is -0.117. The number of hydrogen-bond donors (Lipinski definition) is 0. The SMILES string of the molecule is CC1CC=Cc2c1sc1ccc(N(c3ccccc3)c3cnc4c(c3)C(C)(C)c3cc(/C=C5\CC6=CC=CC(C)C6C5=O)oc3-4)cc21. The molecule has 3 heterocycles. The Balaban J connectivity index is 1.11. The fourth-order valence-corrected chi connectivity index (χ4v) is 9.34. The Kier molecular flexibility index (Phi) is 6.29. The summed E-state index contributed by atoms with van der Waals surface area (Å²) in [4.78, 5) is 22.2. The number of allylic oxidation sites excluding steroid dienone is 6. The smallest absolute Gasteiger partial charge is 0.167 e. The van der Waals surface area contributed by atoms with E-state index in [9.17, 15) is 4.79 Å². The van der Waals surface area contributed by atoms with Gasteiger partial charge in [0.25, 0.3) is 0 Å². The standard InChI is InChI=1S/C42H36N2O2S/c1-24-10-8-12-26-18-27(39(45)37(24)26)19-31-22-35-40(46-31)38-34(42(35,3)4)21-30(23-43-38)44(28-13-6-5-7-14-28)29-16-17-36-33(20-29)32-15-9-11-25(2)41(32)47-36/h5-10,12-17,19-25,37H,11,18H2,1-4H3/b27-19+. The molecular formula is C42H36N2O2S. The third kappa shape index (κ3) is 4.33. The second kappa shape index (κ2) is 10.4. The van der Waals surface area contributed by atoms with Crippen LogP contribution in [0.2, 0.25) is 0 Å². The third-order valence-corrected chi connectivity index (χ3v) is 12.1. The number of thiophene rings is 1. The average Bonchev–Trinajstić information content (AvgIpc) is 3.80. The minimum atomic E-state index is -0.317. The molecule has 1 saturated carbocycles. The van der Waals surface area contributed by atoms with Gasteiger partial charge in [-0.3, -0.25) is 9.78 Å². The normalized spacial score (nSPS) is 22.7. The highest BCUT2D eigenvalue weighted by Crippen LogP contribution is 2.52. The van der Waals surface area contributed by atoms with Crippen LogP contribution in [-0.4, -0.2) is 10.8 Å². The summed E-state index contributed by atoms with van der Waals surface area (Å²) < 4.78 is 7.83. The van der Waals surface area contributed by atoms with Gasteiger partial charge in [0.1, 0.15) is 11.5 Å². The third-order valence-electron chi connectivity index (χ3n) is 10.6. The van der Waals surface area contributed by atoms with Crippen molar-refractivity contribution in [1.29, 1.82) is 0 Å². The lowest BCUT2D eigenvalue weighted by atomic mass is 9.83. The number of nitrogens with zero attached hydrogens (tertiary/aromatic N) is 2. The number of carbonyl (C=O) groups excluding carboxylic acids is 1. The molecule has 5 aromatic rings. The van der Waals surface area contributed by atoms with Crippen LogP contribution in [-0.2, 0) is 10.2 Å². The van der Waals surface area contributed by atoms with E-state index in [4.69, 9.17) is 9.40 Å². The van der Waals surface area contributed by atoms with E-state index in [1.807, 2.05) is 23.6 Å². The minimum Gasteiger partial charge on any atom is -0.455 e. The predicted octanol–water partition coefficient (Wildman–Crippen LogP) is 11.3. The number of benzene rings is 2. The first-order valence-corrected chi connectivity index (χ1v) is 17.4. The number of anilines is 3. The number of carbonyl (C=O) groups is 1. The van der Waals surface area contributed by atoms with Gasteiger partial charge in [-0.25, -0.2) is 0 Å². The van der Waals surface area contributed by atoms with Crippen LogP contribution in [0.3, 0.4) is 0 Å². The van der Waals surface area contributed by atoms with Gasteiger partial charge in [-0.2, -0.15) is 0 Å². The molecule has 4 nitrogen and oxygen atoms in total. The summed E-state index contributed by atoms with van der Waals surface area (Å²) in [6.45, 7) is 8.94. The minimum absolute atomic E-state index is 0.0382. The van der Waals surface area contributed by atoms with Crippen LogP contribution >= 0.6 is 11.3 Å². The number of furan rings is 1. The summed E-state index contributed by atoms with van der Waals surface area (Å²) >= 11 is 1.93. The number of Topliss-reactive ketones (excluding diaryl/α,β-unsaturated/α-hetero) is 1. The van der Waals surface area contributed by atoms with Crippen LogP contribution in [0.25, 0.3) is 33.7 Å². The lowest BCUT2D eigenvalue weighted by Crippen LogP contribution is -2.18. The second-order valence-electron chi connectivity index (χ2n) is 14.1. The molecule has 4 aliphatic rings. The molecule has 0 aliphatic heterocycles. The zero-order valence-corrected chi connectivity index (χ0v) is 27.9. The Morgan fingerprint density at radius 2 is 1.85 bits per heavy atom. The average molecular weight is 633 g/mol. The van der Waals surface area contributed by atoms with Crippen molar-refractivity contribution < 1.29 is 9.21 Å². The van der Waals surface area contributed by atoms with Crippen molar-refractivity contribution in [2.75, 3.05) is 4.90 Å². The van der Waals surface area contributed by atoms with Crippen molar-refractivity contribution in [3.8, 4) is 11.5 Å². The molecule has 4 aliphatic carbocycles. The molecule has 232 valence electrons. The maximum Gasteiger partial charge on any atom is 0.167 e. The molecule has 3 atom stereocenters. The Labute approximate surface area is 279 Å². The van der Waals surface area contributed by atoms with E-state index < -0.39 is 0 Å². The van der Waals surface area contributed by atoms with Crippen molar-refractivity contribution in [3.05, 3.63) is 130 Å². The number of pyridine rings is 1. The van der Waals surface area contributed by atoms with Gasteiger partial charge in [-0.05, 0) is 84.3 Å². The maximum absolute atomic E-state index is 13.3. The Morgan fingerprint density at radius 1 is 1.00 bits per heavy atom. The number of para-hydroxylation sites is 1. The highest BCUT2D eigenvalue weighted by Gasteiger charge is 2.42. The number of aromatic nitrogens is 1. The summed E-state index contributed by atoms with van der Waals surface area (Å²) in [7, 11) is 0. The van der Waals surface area contributed by atoms with Crippen LogP contribution in [0.5, 0.6) is 0 Å². The summed E-state index contributed by atoms with van der Waals surface area (Å²) in [6.07, 6.45) is 16.7. The van der Waals surface area contributed by atoms with Gasteiger partial charge in [0.15, 0.2) is 11.5 Å². The van der Waals surface area contributed by atoms with E-state index in [0.29, 0.717) is 12.3 Å². The van der Waals surface area contributed by atoms with Crippen LogP contribution in [0.1, 0.15) is 73.8 Å². The molecule has 5 heteroatoms. The van der Waals surface area contributed by atoms with E-state index in [-0.39, 0.29) is 23.0 Å². The van der Waals surface area contributed by atoms with Gasteiger partial charge < -0.3 is 9.32 Å². The number of rotatable bonds is 4. The zero-order chi connectivity index (χ0) is 32.0. The Bertz CT molecular complexity index is 2240. The molecule has 2 aromatic carbocycles. The highest BCUT2D eigenvalue weighted by molar-refractivity contribution is 7.19. The molecule has 0 spiro atoms. The highest BCUT2D eigenvalue weighted by atomic mass is 32.1. The van der Waals surface area contributed by atoms with Crippen LogP contribution in [0.4, 0.5) is 17.1 Å². The molecule has 47 heavy (non-hydrogen) atoms. The first-order chi connectivity index (χ1) is 22.8. The van der Waals surface area contributed by atoms with Crippen molar-refractivity contribution in [3.63, 3.8) is 0 Å². The number of ketones is 1. The zero-order valence-electron chi connectivity index (χ0n) is 27.1. The van der Waals surface area contributed by atoms with E-state index in [1.165, 1.54) is 26.1 Å². The molecule has 0 saturated heterocycles. The predicted molar refractivity (Wildman–Crippen MR) is 194 cm³/mol. The Morgan fingerprint density at radius 3 is 2.68 bits per heavy atom. The Hall–Kier alpha value is -4.74. The maximum atomic E-state index is 13.3. The number of fused-ring (bicyclic) bond motifs is 7. The van der Waals surface area contributed by atoms with Crippen LogP contribution < -0.4 is 4.90 Å². The topological polar surface area (TPSA) is 46.3 Å². The van der Waals surface area contributed by atoms with Gasteiger partial charge in [0.2, 0.25) is 0 Å². The molecule has 0 radical (unpaired) electrons. The first-order valence-electron chi connectivity index (χ1n) is 16.6. The van der Waals surface area contributed by atoms with Crippen molar-refractivity contribution in [2.45, 2.75) is 51.9 Å². The van der Waals surface area contributed by atoms with E-state index in [1.54, 1.807) is 0 Å². The van der Waals surface area contributed by atoms with Gasteiger partial charge in [-0.1, -0.05) is 81.8 Å². The largest absolute Gasteiger partial charge is 0.455 e. The molecule has 0 bridgehead atoms. The fraction of sp³-hybridized carbons (Fsp3) is 0.238. The van der Waals surface area contributed by atoms with Gasteiger partial charge >= 0.3 is 0 Å². The summed E-state index contributed by atoms with van der Waals surface area (Å²) in [5.74, 6) is 2.49. The van der Waals surface area contributed by atoms with Gasteiger partial charge in [-0.15, -0.1) is 11.3 Å². The number of hydrogen-bond acceptors (Lipinski definition) is 5. The van der Waals surface area contributed by atoms with Gasteiger partial charge in [0.05, 0.1) is 11.9 Å². The first kappa shape index (κ1) is 28.5. The van der Waals surface area contributed by atoms with Gasteiger partial charge in [0, 0.05) is 48.8 Å². The molecule has 0 amide bonds. The van der Waals surface area contributed by atoms with Crippen molar-refractivity contribution in [2.24, 2.45) is 11.8 Å². The van der Waals surface area contributed by atoms with E-state index >= 15 is 0 Å². The summed E-state index contributed by atoms with van der Waals surface area (Å²) in [5.41, 5.74) is 9.43. The molecule has 3 aromatic heterocycles. The van der Waals surface area contributed by atoms with E-state index in [0.717, 1.165) is 57.4 Å². The quantitative estimate of drug-likeness (QED) is 0.185. The molecule has 3 unspecified atom stereocenters. The monoisotopic (exact) mass is 632 g/mol. The second-order valence-corrected chi connectivity index (χ2v) is 15.1. The molecule has 1 fully saturated rings. The van der Waals surface area contributed by atoms with Crippen molar-refractivity contribution >= 4 is 56.4 Å². The molecule has 9 rings (SSSR count). The van der Waals surface area contributed by atoms with Crippen molar-refractivity contribution in [1.82, 2.24) is 4.98 Å². The summed E-state index contributed by atoms with van der Waals surface area (Å²) in [6, 6.07) is 21.8. The van der Waals surface area contributed by atoms with E-state index in [2.05, 4.69) is 124 Å². The summed E-state index contributed by atoms with van der Waals surface area (Å²) in [5, 5.41) is 1.31. The van der Waals surface area contributed by atoms with Crippen LogP contribution in [0.15, 0.2) is 107 Å². The fourth-order valence-electron chi connectivity index (χ4n) is 8.11. The molecular weight excluding hydrogens is 597 g/mol. The molecule has 0 N–H and O–H groups in total. The lowest BCUT2D eigenvalue weighted by Gasteiger charge is -2.27.